The molecule has 1 fully saturated rings. The molecule has 1 atom stereocenters. The highest BCUT2D eigenvalue weighted by molar-refractivity contribution is 7.92. The predicted octanol–water partition coefficient (Wildman–Crippen LogP) is 2.62. The number of sulfonamides is 1. The summed E-state index contributed by atoms with van der Waals surface area (Å²) < 4.78 is 31.0. The summed E-state index contributed by atoms with van der Waals surface area (Å²) in [5.41, 5.74) is 0.424. The van der Waals surface area contributed by atoms with Crippen LogP contribution in [0.5, 0.6) is 5.75 Å². The van der Waals surface area contributed by atoms with E-state index in [9.17, 15) is 13.2 Å². The largest absolute Gasteiger partial charge is 0.494 e. The number of likely N-dealkylation sites (tertiary alicyclic amines) is 1. The Morgan fingerprint density at radius 1 is 1.31 bits per heavy atom. The fourth-order valence-electron chi connectivity index (χ4n) is 3.81. The monoisotopic (exact) mass is 425 g/mol. The molecule has 8 heteroatoms. The van der Waals surface area contributed by atoms with Crippen LogP contribution in [0.1, 0.15) is 46.0 Å². The third kappa shape index (κ3) is 7.51. The summed E-state index contributed by atoms with van der Waals surface area (Å²) in [6, 6.07) is 7.44. The molecule has 0 saturated carbocycles. The summed E-state index contributed by atoms with van der Waals surface area (Å²) >= 11 is 0. The molecule has 1 aromatic rings. The number of amides is 1. The highest BCUT2D eigenvalue weighted by Crippen LogP contribution is 2.23. The van der Waals surface area contributed by atoms with Gasteiger partial charge in [-0.1, -0.05) is 19.4 Å². The summed E-state index contributed by atoms with van der Waals surface area (Å²) in [5, 5.41) is 2.86. The first-order valence-electron chi connectivity index (χ1n) is 10.6. The second-order valence-electron chi connectivity index (χ2n) is 7.50. The van der Waals surface area contributed by atoms with Crippen molar-refractivity contribution in [3.8, 4) is 5.75 Å². The number of ether oxygens (including phenoxy) is 1. The van der Waals surface area contributed by atoms with Gasteiger partial charge in [-0.05, 0) is 51.3 Å². The molecule has 0 radical (unpaired) electrons. The standard InChI is InChI=1S/C21H35N3O4S/c1-4-18-10-6-7-14-23(18)15-9-13-22-21(25)17-24(29(3,26)27)19-11-8-12-20(16-19)28-5-2/h8,11-12,16,18H,4-7,9-10,13-15,17H2,1-3H3,(H,22,25). The van der Waals surface area contributed by atoms with E-state index in [0.29, 0.717) is 30.6 Å². The Kier molecular flexibility index (Phi) is 9.23. The Morgan fingerprint density at radius 3 is 2.79 bits per heavy atom. The Balaban J connectivity index is 1.88. The van der Waals surface area contributed by atoms with E-state index in [-0.39, 0.29) is 12.5 Å². The van der Waals surface area contributed by atoms with Gasteiger partial charge in [0.25, 0.3) is 0 Å². The Hall–Kier alpha value is -1.80. The normalized spacial score (nSPS) is 17.7. The molecule has 29 heavy (non-hydrogen) atoms. The number of carbonyl (C=O) groups excluding carboxylic acids is 1. The van der Waals surface area contributed by atoms with Gasteiger partial charge in [0.15, 0.2) is 0 Å². The van der Waals surface area contributed by atoms with E-state index in [2.05, 4.69) is 17.1 Å². The number of hydrogen-bond acceptors (Lipinski definition) is 5. The van der Waals surface area contributed by atoms with Crippen LogP contribution in [-0.4, -0.2) is 64.3 Å². The van der Waals surface area contributed by atoms with Crippen molar-refractivity contribution in [2.45, 2.75) is 52.0 Å². The lowest BCUT2D eigenvalue weighted by Crippen LogP contribution is -2.42. The SMILES string of the molecule is CCOc1cccc(N(CC(=O)NCCCN2CCCCC2CC)S(C)(=O)=O)c1. The van der Waals surface area contributed by atoms with Crippen molar-refractivity contribution in [1.29, 1.82) is 0 Å². The van der Waals surface area contributed by atoms with Crippen LogP contribution in [0, 0.1) is 0 Å². The zero-order chi connectivity index (χ0) is 21.3. The fraction of sp³-hybridized carbons (Fsp3) is 0.667. The van der Waals surface area contributed by atoms with Crippen molar-refractivity contribution in [3.63, 3.8) is 0 Å². The molecule has 0 aliphatic carbocycles. The minimum Gasteiger partial charge on any atom is -0.494 e. The first kappa shape index (κ1) is 23.5. The number of benzene rings is 1. The zero-order valence-corrected chi connectivity index (χ0v) is 18.7. The molecule has 0 aromatic heterocycles. The van der Waals surface area contributed by atoms with E-state index in [4.69, 9.17) is 4.74 Å². The van der Waals surface area contributed by atoms with Crippen LogP contribution < -0.4 is 14.4 Å². The minimum atomic E-state index is -3.59. The molecule has 1 unspecified atom stereocenters. The van der Waals surface area contributed by atoms with Crippen LogP contribution in [0.4, 0.5) is 5.69 Å². The zero-order valence-electron chi connectivity index (χ0n) is 17.9. The molecule has 1 aliphatic rings. The first-order chi connectivity index (χ1) is 13.8. The molecule has 164 valence electrons. The van der Waals surface area contributed by atoms with Crippen LogP contribution >= 0.6 is 0 Å². The van der Waals surface area contributed by atoms with Gasteiger partial charge in [0.2, 0.25) is 15.9 Å². The molecule has 1 heterocycles. The lowest BCUT2D eigenvalue weighted by atomic mass is 10.00. The topological polar surface area (TPSA) is 79.0 Å². The number of rotatable bonds is 11. The van der Waals surface area contributed by atoms with Crippen LogP contribution in [0.3, 0.4) is 0 Å². The van der Waals surface area contributed by atoms with Gasteiger partial charge in [-0.3, -0.25) is 9.10 Å². The van der Waals surface area contributed by atoms with Crippen LogP contribution in [0.25, 0.3) is 0 Å². The van der Waals surface area contributed by atoms with E-state index in [1.165, 1.54) is 19.3 Å². The average molecular weight is 426 g/mol. The molecule has 1 aliphatic heterocycles. The minimum absolute atomic E-state index is 0.240. The van der Waals surface area contributed by atoms with Crippen LogP contribution in [0.15, 0.2) is 24.3 Å². The molecule has 1 saturated heterocycles. The maximum absolute atomic E-state index is 12.4. The van der Waals surface area contributed by atoms with Gasteiger partial charge in [-0.2, -0.15) is 0 Å². The quantitative estimate of drug-likeness (QED) is 0.552. The summed E-state index contributed by atoms with van der Waals surface area (Å²) in [7, 11) is -3.59. The van der Waals surface area contributed by atoms with Crippen molar-refractivity contribution in [2.24, 2.45) is 0 Å². The molecule has 1 amide bonds. The summed E-state index contributed by atoms with van der Waals surface area (Å²) in [5.74, 6) is 0.272. The second-order valence-corrected chi connectivity index (χ2v) is 9.40. The summed E-state index contributed by atoms with van der Waals surface area (Å²) in [6.45, 7) is 6.97. The smallest absolute Gasteiger partial charge is 0.240 e. The third-order valence-electron chi connectivity index (χ3n) is 5.27. The molecular weight excluding hydrogens is 390 g/mol. The highest BCUT2D eigenvalue weighted by atomic mass is 32.2. The van der Waals surface area contributed by atoms with Crippen LogP contribution in [0.2, 0.25) is 0 Å². The summed E-state index contributed by atoms with van der Waals surface area (Å²) in [4.78, 5) is 14.9. The Bertz CT molecular complexity index is 754. The van der Waals surface area contributed by atoms with E-state index in [1.54, 1.807) is 24.3 Å². The number of nitrogens with one attached hydrogen (secondary N) is 1. The van der Waals surface area contributed by atoms with Gasteiger partial charge < -0.3 is 15.0 Å². The second kappa shape index (κ2) is 11.4. The molecule has 0 bridgehead atoms. The average Bonchev–Trinajstić information content (AvgIpc) is 2.69. The Labute approximate surface area is 175 Å². The van der Waals surface area contributed by atoms with E-state index in [1.807, 2.05) is 6.92 Å². The van der Waals surface area contributed by atoms with Crippen molar-refractivity contribution in [3.05, 3.63) is 24.3 Å². The van der Waals surface area contributed by atoms with E-state index in [0.717, 1.165) is 36.5 Å². The van der Waals surface area contributed by atoms with Crippen molar-refractivity contribution >= 4 is 21.6 Å². The molecule has 7 nitrogen and oxygen atoms in total. The number of nitrogens with zero attached hydrogens (tertiary/aromatic N) is 2. The lowest BCUT2D eigenvalue weighted by Gasteiger charge is -2.35. The maximum atomic E-state index is 12.4. The molecule has 0 spiro atoms. The van der Waals surface area contributed by atoms with Crippen molar-refractivity contribution < 1.29 is 17.9 Å². The molecular formula is C21H35N3O4S. The number of carbonyl (C=O) groups is 1. The van der Waals surface area contributed by atoms with Gasteiger partial charge in [0.05, 0.1) is 18.6 Å². The number of piperidine rings is 1. The highest BCUT2D eigenvalue weighted by Gasteiger charge is 2.22. The molecule has 1 aromatic carbocycles. The fourth-order valence-corrected chi connectivity index (χ4v) is 4.66. The maximum Gasteiger partial charge on any atom is 0.240 e. The van der Waals surface area contributed by atoms with E-state index >= 15 is 0 Å². The van der Waals surface area contributed by atoms with Gasteiger partial charge in [-0.25, -0.2) is 8.42 Å². The first-order valence-corrected chi connectivity index (χ1v) is 12.4. The number of hydrogen-bond donors (Lipinski definition) is 1. The van der Waals surface area contributed by atoms with Crippen LogP contribution in [-0.2, 0) is 14.8 Å². The number of anilines is 1. The van der Waals surface area contributed by atoms with Gasteiger partial charge in [-0.15, -0.1) is 0 Å². The van der Waals surface area contributed by atoms with Gasteiger partial charge in [0, 0.05) is 25.2 Å². The van der Waals surface area contributed by atoms with E-state index < -0.39 is 10.0 Å². The third-order valence-corrected chi connectivity index (χ3v) is 6.41. The summed E-state index contributed by atoms with van der Waals surface area (Å²) in [6.07, 6.45) is 6.93. The van der Waals surface area contributed by atoms with Gasteiger partial charge >= 0.3 is 0 Å². The van der Waals surface area contributed by atoms with Gasteiger partial charge in [0.1, 0.15) is 12.3 Å². The molecule has 1 N–H and O–H groups in total. The molecule has 2 rings (SSSR count). The Morgan fingerprint density at radius 2 is 2.10 bits per heavy atom. The predicted molar refractivity (Wildman–Crippen MR) is 117 cm³/mol. The lowest BCUT2D eigenvalue weighted by molar-refractivity contribution is -0.119. The van der Waals surface area contributed by atoms with Crippen molar-refractivity contribution in [1.82, 2.24) is 10.2 Å². The van der Waals surface area contributed by atoms with Crippen molar-refractivity contribution in [2.75, 3.05) is 43.3 Å².